The maximum atomic E-state index is 12.3. The SMILES string of the molecule is CCOC(=O)C1=C(COC(=O)/C=C/c2ccc(S(N)(=O)=O)cc2)NC(=O)NC1CC. The van der Waals surface area contributed by atoms with Gasteiger partial charge >= 0.3 is 18.0 Å². The number of carbonyl (C=O) groups is 3. The number of ether oxygens (including phenoxy) is 2. The molecule has 162 valence electrons. The summed E-state index contributed by atoms with van der Waals surface area (Å²) in [7, 11) is -3.80. The molecule has 1 unspecified atom stereocenters. The molecular weight excluding hydrogens is 414 g/mol. The van der Waals surface area contributed by atoms with Crippen LogP contribution in [0.25, 0.3) is 6.08 Å². The Kier molecular flexibility index (Phi) is 7.72. The number of esters is 2. The van der Waals surface area contributed by atoms with Gasteiger partial charge in [-0.3, -0.25) is 0 Å². The van der Waals surface area contributed by atoms with Crippen molar-refractivity contribution < 1.29 is 32.3 Å². The molecule has 0 aliphatic carbocycles. The van der Waals surface area contributed by atoms with E-state index in [9.17, 15) is 22.8 Å². The minimum Gasteiger partial charge on any atom is -0.463 e. The van der Waals surface area contributed by atoms with Crippen molar-refractivity contribution in [3.05, 3.63) is 47.2 Å². The van der Waals surface area contributed by atoms with Gasteiger partial charge in [0.15, 0.2) is 0 Å². The number of primary sulfonamides is 1. The van der Waals surface area contributed by atoms with Gasteiger partial charge in [-0.25, -0.2) is 27.9 Å². The molecular formula is C19H23N3O7S. The first kappa shape index (κ1) is 23.1. The fourth-order valence-corrected chi connectivity index (χ4v) is 3.22. The van der Waals surface area contributed by atoms with E-state index in [2.05, 4.69) is 10.6 Å². The second-order valence-electron chi connectivity index (χ2n) is 6.23. The van der Waals surface area contributed by atoms with Crippen molar-refractivity contribution in [2.24, 2.45) is 5.14 Å². The maximum Gasteiger partial charge on any atom is 0.338 e. The van der Waals surface area contributed by atoms with Crippen LogP contribution < -0.4 is 15.8 Å². The molecule has 1 aliphatic rings. The molecule has 10 nitrogen and oxygen atoms in total. The number of urea groups is 1. The van der Waals surface area contributed by atoms with Gasteiger partial charge in [-0.1, -0.05) is 19.1 Å². The lowest BCUT2D eigenvalue weighted by molar-refractivity contribution is -0.140. The molecule has 0 radical (unpaired) electrons. The average molecular weight is 437 g/mol. The van der Waals surface area contributed by atoms with Gasteiger partial charge in [-0.05, 0) is 37.1 Å². The molecule has 1 atom stereocenters. The summed E-state index contributed by atoms with van der Waals surface area (Å²) in [4.78, 5) is 36.0. The van der Waals surface area contributed by atoms with Crippen molar-refractivity contribution in [3.8, 4) is 0 Å². The largest absolute Gasteiger partial charge is 0.463 e. The highest BCUT2D eigenvalue weighted by Gasteiger charge is 2.31. The first-order chi connectivity index (χ1) is 14.2. The molecule has 4 N–H and O–H groups in total. The summed E-state index contributed by atoms with van der Waals surface area (Å²) >= 11 is 0. The lowest BCUT2D eigenvalue weighted by Gasteiger charge is -2.28. The molecule has 2 amide bonds. The van der Waals surface area contributed by atoms with Crippen LogP contribution in [-0.4, -0.2) is 45.6 Å². The third-order valence-electron chi connectivity index (χ3n) is 4.13. The minimum atomic E-state index is -3.80. The van der Waals surface area contributed by atoms with E-state index in [1.54, 1.807) is 13.8 Å². The zero-order chi connectivity index (χ0) is 22.3. The van der Waals surface area contributed by atoms with E-state index in [1.165, 1.54) is 30.3 Å². The Hall–Kier alpha value is -3.18. The van der Waals surface area contributed by atoms with E-state index in [0.29, 0.717) is 12.0 Å². The Labute approximate surface area is 174 Å². The molecule has 2 rings (SSSR count). The van der Waals surface area contributed by atoms with Crippen LogP contribution in [0.5, 0.6) is 0 Å². The molecule has 0 saturated heterocycles. The smallest absolute Gasteiger partial charge is 0.338 e. The number of hydrogen-bond donors (Lipinski definition) is 3. The lowest BCUT2D eigenvalue weighted by Crippen LogP contribution is -2.51. The fourth-order valence-electron chi connectivity index (χ4n) is 2.70. The summed E-state index contributed by atoms with van der Waals surface area (Å²) in [6.45, 7) is 3.29. The summed E-state index contributed by atoms with van der Waals surface area (Å²) < 4.78 is 32.6. The van der Waals surface area contributed by atoms with E-state index in [0.717, 1.165) is 6.08 Å². The van der Waals surface area contributed by atoms with Crippen molar-refractivity contribution >= 4 is 34.1 Å². The van der Waals surface area contributed by atoms with E-state index in [1.807, 2.05) is 0 Å². The maximum absolute atomic E-state index is 12.3. The number of benzene rings is 1. The van der Waals surface area contributed by atoms with E-state index >= 15 is 0 Å². The third-order valence-corrected chi connectivity index (χ3v) is 5.06. The molecule has 11 heteroatoms. The lowest BCUT2D eigenvalue weighted by atomic mass is 10.0. The second kappa shape index (κ2) is 10.0. The molecule has 1 aliphatic heterocycles. The molecule has 30 heavy (non-hydrogen) atoms. The van der Waals surface area contributed by atoms with E-state index < -0.39 is 34.0 Å². The Balaban J connectivity index is 2.09. The van der Waals surface area contributed by atoms with Crippen molar-refractivity contribution in [2.45, 2.75) is 31.2 Å². The monoisotopic (exact) mass is 437 g/mol. The molecule has 0 saturated carbocycles. The number of sulfonamides is 1. The van der Waals surface area contributed by atoms with Gasteiger partial charge < -0.3 is 20.1 Å². The van der Waals surface area contributed by atoms with Gasteiger partial charge in [0, 0.05) is 6.08 Å². The molecule has 1 heterocycles. The van der Waals surface area contributed by atoms with Crippen LogP contribution in [0.2, 0.25) is 0 Å². The summed E-state index contributed by atoms with van der Waals surface area (Å²) in [5.41, 5.74) is 0.907. The first-order valence-electron chi connectivity index (χ1n) is 9.11. The van der Waals surface area contributed by atoms with Crippen LogP contribution in [0.15, 0.2) is 46.5 Å². The highest BCUT2D eigenvalue weighted by atomic mass is 32.2. The highest BCUT2D eigenvalue weighted by Crippen LogP contribution is 2.17. The Bertz CT molecular complexity index is 982. The summed E-state index contributed by atoms with van der Waals surface area (Å²) in [6, 6.07) is 4.51. The van der Waals surface area contributed by atoms with Gasteiger partial charge in [0.05, 0.1) is 28.8 Å². The van der Waals surface area contributed by atoms with Gasteiger partial charge in [-0.15, -0.1) is 0 Å². The predicted molar refractivity (Wildman–Crippen MR) is 107 cm³/mol. The molecule has 0 fully saturated rings. The Morgan fingerprint density at radius 1 is 1.17 bits per heavy atom. The molecule has 1 aromatic carbocycles. The Morgan fingerprint density at radius 3 is 2.40 bits per heavy atom. The molecule has 0 aromatic heterocycles. The van der Waals surface area contributed by atoms with Crippen LogP contribution in [0, 0.1) is 0 Å². The van der Waals surface area contributed by atoms with Gasteiger partial charge in [0.1, 0.15) is 6.61 Å². The highest BCUT2D eigenvalue weighted by molar-refractivity contribution is 7.89. The zero-order valence-electron chi connectivity index (χ0n) is 16.5. The van der Waals surface area contributed by atoms with Crippen molar-refractivity contribution in [1.29, 1.82) is 0 Å². The van der Waals surface area contributed by atoms with Crippen molar-refractivity contribution in [2.75, 3.05) is 13.2 Å². The molecule has 0 bridgehead atoms. The number of nitrogens with two attached hydrogens (primary N) is 1. The van der Waals surface area contributed by atoms with Crippen LogP contribution in [0.1, 0.15) is 25.8 Å². The normalized spacial score (nSPS) is 16.8. The van der Waals surface area contributed by atoms with Crippen molar-refractivity contribution in [1.82, 2.24) is 10.6 Å². The fraction of sp³-hybridized carbons (Fsp3) is 0.316. The third kappa shape index (κ3) is 6.16. The van der Waals surface area contributed by atoms with Crippen LogP contribution >= 0.6 is 0 Å². The predicted octanol–water partition coefficient (Wildman–Crippen LogP) is 0.799. The van der Waals surface area contributed by atoms with Crippen molar-refractivity contribution in [3.63, 3.8) is 0 Å². The van der Waals surface area contributed by atoms with Gasteiger partial charge in [-0.2, -0.15) is 0 Å². The first-order valence-corrected chi connectivity index (χ1v) is 10.7. The Morgan fingerprint density at radius 2 is 1.83 bits per heavy atom. The van der Waals surface area contributed by atoms with Gasteiger partial charge in [0.2, 0.25) is 10.0 Å². The number of amides is 2. The van der Waals surface area contributed by atoms with E-state index in [-0.39, 0.29) is 29.4 Å². The molecule has 0 spiro atoms. The topological polar surface area (TPSA) is 154 Å². The van der Waals surface area contributed by atoms with E-state index in [4.69, 9.17) is 14.6 Å². The zero-order valence-corrected chi connectivity index (χ0v) is 17.3. The summed E-state index contributed by atoms with van der Waals surface area (Å²) in [5.74, 6) is -1.32. The summed E-state index contributed by atoms with van der Waals surface area (Å²) in [6.07, 6.45) is 3.01. The van der Waals surface area contributed by atoms with Crippen LogP contribution in [0.4, 0.5) is 4.79 Å². The molecule has 1 aromatic rings. The van der Waals surface area contributed by atoms with Crippen LogP contribution in [0.3, 0.4) is 0 Å². The quantitative estimate of drug-likeness (QED) is 0.401. The second-order valence-corrected chi connectivity index (χ2v) is 7.79. The number of rotatable bonds is 8. The number of carbonyl (C=O) groups excluding carboxylic acids is 3. The minimum absolute atomic E-state index is 0.0483. The van der Waals surface area contributed by atoms with Gasteiger partial charge in [0.25, 0.3) is 0 Å². The average Bonchev–Trinajstić information content (AvgIpc) is 2.69. The summed E-state index contributed by atoms with van der Waals surface area (Å²) in [5, 5.41) is 10.1. The number of hydrogen-bond acceptors (Lipinski definition) is 7. The van der Waals surface area contributed by atoms with Crippen LogP contribution in [-0.2, 0) is 29.1 Å². The number of nitrogens with one attached hydrogen (secondary N) is 2. The standard InChI is InChI=1S/C19H23N3O7S/c1-3-14-17(18(24)28-4-2)15(22-19(25)21-14)11-29-16(23)10-7-12-5-8-13(9-6-12)30(20,26)27/h5-10,14H,3-4,11H2,1-2H3,(H2,20,26,27)(H2,21,22,25)/b10-7+.